The number of fused-ring (bicyclic) bond motifs is 3. The first-order valence-electron chi connectivity index (χ1n) is 21.3. The molecule has 1 saturated heterocycles. The van der Waals surface area contributed by atoms with E-state index in [4.69, 9.17) is 9.47 Å². The molecule has 3 fully saturated rings. The minimum Gasteiger partial charge on any atom is -0.446 e. The number of rotatable bonds is 5. The van der Waals surface area contributed by atoms with Gasteiger partial charge in [-0.15, -0.1) is 6.58 Å². The summed E-state index contributed by atoms with van der Waals surface area (Å²) in [6.07, 6.45) is 7.03. The lowest BCUT2D eigenvalue weighted by Crippen LogP contribution is -2.58. The van der Waals surface area contributed by atoms with Crippen LogP contribution in [0.25, 0.3) is 0 Å². The Labute approximate surface area is 351 Å². The number of hydrogen-bond donors (Lipinski definition) is 5. The predicted molar refractivity (Wildman–Crippen MR) is 223 cm³/mol. The summed E-state index contributed by atoms with van der Waals surface area (Å²) in [5, 5.41) is 12.0. The molecule has 0 unspecified atom stereocenters. The number of nitrogens with zero attached hydrogens (tertiary/aromatic N) is 2. The molecule has 7 rings (SSSR count). The number of hydrogen-bond acceptors (Lipinski definition) is 11. The minimum atomic E-state index is -4.40. The van der Waals surface area contributed by atoms with E-state index in [9.17, 15) is 32.4 Å². The third-order valence-corrected chi connectivity index (χ3v) is 13.9. The van der Waals surface area contributed by atoms with Crippen LogP contribution >= 0.6 is 0 Å². The Morgan fingerprint density at radius 1 is 0.933 bits per heavy atom. The molecule has 5 aliphatic rings. The zero-order valence-electron chi connectivity index (χ0n) is 34.2. The van der Waals surface area contributed by atoms with Crippen LogP contribution in [0.5, 0.6) is 0 Å². The molecule has 0 aromatic heterocycles. The van der Waals surface area contributed by atoms with Gasteiger partial charge in [-0.25, -0.2) is 22.7 Å². The van der Waals surface area contributed by atoms with E-state index in [1.165, 1.54) is 17.0 Å². The highest BCUT2D eigenvalue weighted by Gasteiger charge is 2.61. The summed E-state index contributed by atoms with van der Waals surface area (Å²) >= 11 is 0. The summed E-state index contributed by atoms with van der Waals surface area (Å²) in [6, 6.07) is 9.91. The van der Waals surface area contributed by atoms with Crippen LogP contribution in [-0.4, -0.2) is 105 Å². The zero-order chi connectivity index (χ0) is 42.4. The van der Waals surface area contributed by atoms with Crippen LogP contribution in [0.3, 0.4) is 0 Å². The maximum absolute atomic E-state index is 14.7. The van der Waals surface area contributed by atoms with Crippen molar-refractivity contribution in [2.24, 2.45) is 5.92 Å². The monoisotopic (exact) mass is 847 g/mol. The molecule has 3 heterocycles. The van der Waals surface area contributed by atoms with Crippen molar-refractivity contribution in [1.29, 1.82) is 0 Å². The number of amides is 5. The van der Waals surface area contributed by atoms with E-state index in [1.54, 1.807) is 23.1 Å². The Morgan fingerprint density at radius 3 is 2.45 bits per heavy atom. The number of carbonyl (C=O) groups excluding carboxylic acids is 5. The number of benzene rings is 2. The molecule has 60 heavy (non-hydrogen) atoms. The smallest absolute Gasteiger partial charge is 0.410 e. The van der Waals surface area contributed by atoms with Gasteiger partial charge in [0.05, 0.1) is 12.2 Å². The van der Waals surface area contributed by atoms with Gasteiger partial charge in [0, 0.05) is 44.7 Å². The molecule has 1 spiro atoms. The van der Waals surface area contributed by atoms with Gasteiger partial charge in [-0.05, 0) is 80.7 Å². The highest BCUT2D eigenvalue weighted by molar-refractivity contribution is 7.90. The molecule has 2 aliphatic carbocycles. The van der Waals surface area contributed by atoms with Crippen molar-refractivity contribution in [3.8, 4) is 0 Å². The van der Waals surface area contributed by atoms with Crippen molar-refractivity contribution < 1.29 is 41.9 Å². The van der Waals surface area contributed by atoms with Gasteiger partial charge in [0.25, 0.3) is 15.9 Å². The Kier molecular flexibility index (Phi) is 13.2. The van der Waals surface area contributed by atoms with Crippen molar-refractivity contribution in [2.45, 2.75) is 125 Å². The van der Waals surface area contributed by atoms with Crippen molar-refractivity contribution >= 4 is 51.3 Å². The number of para-hydroxylation sites is 1. The summed E-state index contributed by atoms with van der Waals surface area (Å²) in [6.45, 7) is 4.88. The quantitative estimate of drug-likeness (QED) is 0.264. The molecule has 0 radical (unpaired) electrons. The van der Waals surface area contributed by atoms with Crippen LogP contribution in [0.15, 0.2) is 60.0 Å². The second-order valence-corrected chi connectivity index (χ2v) is 18.2. The highest BCUT2D eigenvalue weighted by Crippen LogP contribution is 2.45. The second-order valence-electron chi connectivity index (χ2n) is 16.5. The van der Waals surface area contributed by atoms with E-state index in [0.717, 1.165) is 68.2 Å². The SMILES string of the molecule is C=C[C@@H]1C[C@@]12NC(=O)[C@@H]1C[C@@H](OC(=O)N3CCc4c(cccc4NC)C3)CN1C(=O)[C@@H](NC(=O)OC1CCCC1)CCCCCCCNc1ccccc1S(=O)(=O)NC2=O. The summed E-state index contributed by atoms with van der Waals surface area (Å²) in [5.74, 6) is -2.82. The molecule has 0 bridgehead atoms. The van der Waals surface area contributed by atoms with Crippen molar-refractivity contribution in [3.05, 3.63) is 66.2 Å². The number of sulfonamides is 1. The molecule has 324 valence electrons. The van der Waals surface area contributed by atoms with Crippen LogP contribution in [-0.2, 0) is 46.8 Å². The molecule has 5 amide bonds. The normalized spacial score (nSPS) is 27.5. The highest BCUT2D eigenvalue weighted by atomic mass is 32.2. The van der Waals surface area contributed by atoms with E-state index in [2.05, 4.69) is 32.6 Å². The van der Waals surface area contributed by atoms with Crippen LogP contribution in [0, 0.1) is 5.92 Å². The summed E-state index contributed by atoms with van der Waals surface area (Å²) in [5.41, 5.74) is 1.78. The maximum atomic E-state index is 14.7. The molecule has 16 nitrogen and oxygen atoms in total. The largest absolute Gasteiger partial charge is 0.446 e. The van der Waals surface area contributed by atoms with Gasteiger partial charge in [0.1, 0.15) is 34.7 Å². The van der Waals surface area contributed by atoms with Gasteiger partial charge >= 0.3 is 12.2 Å². The lowest BCUT2D eigenvalue weighted by Gasteiger charge is -2.30. The summed E-state index contributed by atoms with van der Waals surface area (Å²) in [7, 11) is -2.55. The van der Waals surface area contributed by atoms with Crippen LogP contribution in [0.1, 0.15) is 88.2 Å². The Bertz CT molecular complexity index is 2080. The number of carbonyl (C=O) groups is 5. The Balaban J connectivity index is 1.15. The fourth-order valence-corrected chi connectivity index (χ4v) is 10.3. The number of nitrogens with one attached hydrogen (secondary N) is 5. The molecule has 3 aliphatic heterocycles. The third-order valence-electron chi connectivity index (χ3n) is 12.5. The average Bonchev–Trinajstić information content (AvgIpc) is 3.48. The molecule has 5 N–H and O–H groups in total. The molecular formula is C43H57N7O9S. The first kappa shape index (κ1) is 42.8. The van der Waals surface area contributed by atoms with E-state index < -0.39 is 69.6 Å². The first-order chi connectivity index (χ1) is 28.9. The topological polar surface area (TPSA) is 205 Å². The summed E-state index contributed by atoms with van der Waals surface area (Å²) < 4.78 is 41.4. The lowest BCUT2D eigenvalue weighted by molar-refractivity contribution is -0.141. The standard InChI is InChI=1S/C43H57N7O9S/c1-3-29-25-43(29)40(53)48-60(56,57)37-20-11-10-17-34(37)45-22-12-6-4-5-7-18-35(46-41(54)58-30-15-8-9-16-30)39(52)50-27-31(24-36(50)38(51)47-43)59-42(55)49-23-21-32-28(26-49)14-13-19-33(32)44-2/h3,10-11,13-14,17,19-20,29-31,35-36,44-45H,1,4-9,12,15-16,18,21-27H2,2H3,(H,46,54)(H,47,51)(H,48,53)/t29-,31-,35+,36+,43-/m1/s1. The van der Waals surface area contributed by atoms with Gasteiger partial charge in [-0.2, -0.15) is 0 Å². The van der Waals surface area contributed by atoms with Gasteiger partial charge < -0.3 is 40.5 Å². The second kappa shape index (κ2) is 18.5. The Morgan fingerprint density at radius 2 is 1.68 bits per heavy atom. The average molecular weight is 848 g/mol. The zero-order valence-corrected chi connectivity index (χ0v) is 35.0. The third kappa shape index (κ3) is 9.50. The summed E-state index contributed by atoms with van der Waals surface area (Å²) in [4.78, 5) is 72.9. The van der Waals surface area contributed by atoms with Gasteiger partial charge in [0.2, 0.25) is 11.8 Å². The minimum absolute atomic E-state index is 0.0749. The Hall–Kier alpha value is -5.32. The van der Waals surface area contributed by atoms with E-state index in [-0.39, 0.29) is 36.8 Å². The van der Waals surface area contributed by atoms with E-state index in [0.29, 0.717) is 38.2 Å². The number of ether oxygens (including phenoxy) is 2. The van der Waals surface area contributed by atoms with Crippen molar-refractivity contribution in [1.82, 2.24) is 25.2 Å². The number of anilines is 2. The van der Waals surface area contributed by atoms with Crippen LogP contribution in [0.4, 0.5) is 21.0 Å². The fraction of sp³-hybridized carbons (Fsp3) is 0.558. The molecule has 2 saturated carbocycles. The van der Waals surface area contributed by atoms with Gasteiger partial charge in [-0.1, -0.05) is 56.0 Å². The maximum Gasteiger partial charge on any atom is 0.410 e. The van der Waals surface area contributed by atoms with Crippen LogP contribution < -0.4 is 26.0 Å². The van der Waals surface area contributed by atoms with Gasteiger partial charge in [0.15, 0.2) is 0 Å². The van der Waals surface area contributed by atoms with Crippen molar-refractivity contribution in [3.63, 3.8) is 0 Å². The van der Waals surface area contributed by atoms with Crippen LogP contribution in [0.2, 0.25) is 0 Å². The molecule has 5 atom stereocenters. The van der Waals surface area contributed by atoms with Crippen molar-refractivity contribution in [2.75, 3.05) is 37.3 Å². The lowest BCUT2D eigenvalue weighted by atomic mass is 9.98. The first-order valence-corrected chi connectivity index (χ1v) is 22.8. The molecule has 2 aromatic carbocycles. The van der Waals surface area contributed by atoms with E-state index in [1.807, 2.05) is 25.2 Å². The predicted octanol–water partition coefficient (Wildman–Crippen LogP) is 4.56. The molecule has 2 aromatic rings. The van der Waals surface area contributed by atoms with Gasteiger partial charge in [-0.3, -0.25) is 14.4 Å². The molecular weight excluding hydrogens is 791 g/mol. The number of alkyl carbamates (subject to hydrolysis) is 1. The van der Waals surface area contributed by atoms with E-state index >= 15 is 0 Å². The molecule has 17 heteroatoms. The fourth-order valence-electron chi connectivity index (χ4n) is 9.06.